The lowest BCUT2D eigenvalue weighted by atomic mass is 10.1. The zero-order valence-electron chi connectivity index (χ0n) is 12.3. The number of aromatic nitrogens is 1. The summed E-state index contributed by atoms with van der Waals surface area (Å²) in [7, 11) is -3.24. The Labute approximate surface area is 129 Å². The molecule has 1 aromatic heterocycles. The molecule has 0 radical (unpaired) electrons. The Hall–Kier alpha value is -1.60. The molecule has 0 saturated heterocycles. The van der Waals surface area contributed by atoms with Gasteiger partial charge in [0.25, 0.3) is 0 Å². The van der Waals surface area contributed by atoms with Crippen LogP contribution in [0.3, 0.4) is 0 Å². The molecule has 1 heterocycles. The number of benzene rings is 1. The molecule has 0 saturated carbocycles. The molecule has 114 valence electrons. The van der Waals surface area contributed by atoms with Crippen LogP contribution in [0.5, 0.6) is 0 Å². The van der Waals surface area contributed by atoms with Gasteiger partial charge in [-0.1, -0.05) is 19.1 Å². The molecule has 5 nitrogen and oxygen atoms in total. The summed E-state index contributed by atoms with van der Waals surface area (Å²) in [4.78, 5) is 5.73. The van der Waals surface area contributed by atoms with E-state index in [0.717, 1.165) is 40.5 Å². The van der Waals surface area contributed by atoms with Gasteiger partial charge in [-0.25, -0.2) is 13.4 Å². The average Bonchev–Trinajstić information content (AvgIpc) is 2.77. The smallest absolute Gasteiger partial charge is 0.229 e. The van der Waals surface area contributed by atoms with Gasteiger partial charge in [0.15, 0.2) is 5.13 Å². The molecule has 0 unspecified atom stereocenters. The van der Waals surface area contributed by atoms with Crippen LogP contribution in [0, 0.1) is 6.92 Å². The van der Waals surface area contributed by atoms with E-state index in [1.165, 1.54) is 0 Å². The van der Waals surface area contributed by atoms with Gasteiger partial charge in [0.1, 0.15) is 0 Å². The summed E-state index contributed by atoms with van der Waals surface area (Å²) in [6, 6.07) is 7.24. The third-order valence-corrected chi connectivity index (χ3v) is 4.32. The highest BCUT2D eigenvalue weighted by atomic mass is 32.2. The molecule has 2 N–H and O–H groups in total. The lowest BCUT2D eigenvalue weighted by Gasteiger charge is -2.05. The topological polar surface area (TPSA) is 71.1 Å². The van der Waals surface area contributed by atoms with Crippen molar-refractivity contribution in [1.29, 1.82) is 0 Å². The first-order valence-electron chi connectivity index (χ1n) is 6.68. The van der Waals surface area contributed by atoms with Crippen molar-refractivity contribution in [3.05, 3.63) is 29.1 Å². The number of thiazole rings is 1. The Morgan fingerprint density at radius 2 is 1.90 bits per heavy atom. The Bertz CT molecular complexity index is 706. The van der Waals surface area contributed by atoms with Crippen LogP contribution in [0.4, 0.5) is 10.8 Å². The summed E-state index contributed by atoms with van der Waals surface area (Å²) in [6.07, 6.45) is 2.19. The van der Waals surface area contributed by atoms with Crippen molar-refractivity contribution in [2.24, 2.45) is 0 Å². The van der Waals surface area contributed by atoms with Crippen LogP contribution in [0.1, 0.15) is 18.2 Å². The van der Waals surface area contributed by atoms with E-state index in [0.29, 0.717) is 5.69 Å². The molecule has 0 aliphatic carbocycles. The van der Waals surface area contributed by atoms with E-state index in [1.54, 1.807) is 23.5 Å². The predicted octanol–water partition coefficient (Wildman–Crippen LogP) is 3.31. The minimum Gasteiger partial charge on any atom is -0.362 e. The lowest BCUT2D eigenvalue weighted by molar-refractivity contribution is 0.607. The number of aryl methyl sites for hydroxylation is 1. The van der Waals surface area contributed by atoms with E-state index in [-0.39, 0.29) is 0 Å². The van der Waals surface area contributed by atoms with Crippen molar-refractivity contribution in [3.63, 3.8) is 0 Å². The van der Waals surface area contributed by atoms with E-state index in [9.17, 15) is 8.42 Å². The fourth-order valence-corrected chi connectivity index (χ4v) is 3.31. The largest absolute Gasteiger partial charge is 0.362 e. The summed E-state index contributed by atoms with van der Waals surface area (Å²) in [5.41, 5.74) is 2.47. The van der Waals surface area contributed by atoms with E-state index in [1.807, 2.05) is 19.1 Å². The molecule has 0 aliphatic heterocycles. The molecule has 1 aromatic carbocycles. The van der Waals surface area contributed by atoms with Gasteiger partial charge < -0.3 is 5.32 Å². The molecule has 0 spiro atoms. The lowest BCUT2D eigenvalue weighted by Crippen LogP contribution is -2.09. The van der Waals surface area contributed by atoms with Gasteiger partial charge in [0, 0.05) is 22.7 Å². The number of hydrogen-bond acceptors (Lipinski definition) is 5. The summed E-state index contributed by atoms with van der Waals surface area (Å²) in [6.45, 7) is 5.05. The van der Waals surface area contributed by atoms with Crippen molar-refractivity contribution >= 4 is 32.2 Å². The van der Waals surface area contributed by atoms with Crippen LogP contribution in [-0.2, 0) is 10.0 Å². The van der Waals surface area contributed by atoms with Gasteiger partial charge in [0.2, 0.25) is 10.0 Å². The second-order valence-electron chi connectivity index (χ2n) is 4.80. The zero-order chi connectivity index (χ0) is 15.5. The minimum absolute atomic E-state index is 0.554. The number of anilines is 2. The molecule has 0 amide bonds. The normalized spacial score (nSPS) is 11.4. The maximum absolute atomic E-state index is 11.2. The van der Waals surface area contributed by atoms with E-state index in [4.69, 9.17) is 0 Å². The second kappa shape index (κ2) is 6.44. The van der Waals surface area contributed by atoms with Crippen molar-refractivity contribution in [2.75, 3.05) is 22.8 Å². The van der Waals surface area contributed by atoms with Crippen molar-refractivity contribution in [3.8, 4) is 11.3 Å². The van der Waals surface area contributed by atoms with Gasteiger partial charge in [-0.15, -0.1) is 11.3 Å². The molecule has 7 heteroatoms. The highest BCUT2D eigenvalue weighted by molar-refractivity contribution is 7.92. The Kier molecular flexibility index (Phi) is 4.84. The Morgan fingerprint density at radius 3 is 2.48 bits per heavy atom. The molecule has 2 rings (SSSR count). The van der Waals surface area contributed by atoms with E-state index >= 15 is 0 Å². The number of sulfonamides is 1. The number of rotatable bonds is 6. The molecular formula is C14H19N3O2S2. The van der Waals surface area contributed by atoms with Crippen molar-refractivity contribution in [1.82, 2.24) is 4.98 Å². The molecule has 0 fully saturated rings. The summed E-state index contributed by atoms with van der Waals surface area (Å²) >= 11 is 1.63. The maximum atomic E-state index is 11.2. The third-order valence-electron chi connectivity index (χ3n) is 2.78. The summed E-state index contributed by atoms with van der Waals surface area (Å²) in [5.74, 6) is 0. The molecule has 21 heavy (non-hydrogen) atoms. The van der Waals surface area contributed by atoms with Gasteiger partial charge in [-0.05, 0) is 25.5 Å². The van der Waals surface area contributed by atoms with Crippen LogP contribution >= 0.6 is 11.3 Å². The number of nitrogens with zero attached hydrogens (tertiary/aromatic N) is 1. The van der Waals surface area contributed by atoms with Gasteiger partial charge in [-0.3, -0.25) is 4.72 Å². The Morgan fingerprint density at radius 1 is 1.24 bits per heavy atom. The monoisotopic (exact) mass is 325 g/mol. The molecule has 0 bridgehead atoms. The molecule has 0 atom stereocenters. The predicted molar refractivity (Wildman–Crippen MR) is 89.5 cm³/mol. The first-order valence-corrected chi connectivity index (χ1v) is 9.39. The maximum Gasteiger partial charge on any atom is 0.229 e. The van der Waals surface area contributed by atoms with Crippen molar-refractivity contribution < 1.29 is 8.42 Å². The SMILES string of the molecule is CCCNc1nc(-c2ccc(NS(C)(=O)=O)cc2)c(C)s1. The molecular weight excluding hydrogens is 306 g/mol. The highest BCUT2D eigenvalue weighted by Crippen LogP contribution is 2.31. The highest BCUT2D eigenvalue weighted by Gasteiger charge is 2.10. The number of nitrogens with one attached hydrogen (secondary N) is 2. The third kappa shape index (κ3) is 4.44. The van der Waals surface area contributed by atoms with Gasteiger partial charge >= 0.3 is 0 Å². The first kappa shape index (κ1) is 15.8. The average molecular weight is 325 g/mol. The standard InChI is InChI=1S/C14H19N3O2S2/c1-4-9-15-14-16-13(10(2)20-14)11-5-7-12(8-6-11)17-21(3,18)19/h5-8,17H,4,9H2,1-3H3,(H,15,16). The van der Waals surface area contributed by atoms with Crippen LogP contribution in [0.25, 0.3) is 11.3 Å². The molecule has 2 aromatic rings. The van der Waals surface area contributed by atoms with Crippen LogP contribution in [0.15, 0.2) is 24.3 Å². The summed E-state index contributed by atoms with van der Waals surface area (Å²) in [5, 5.41) is 4.20. The van der Waals surface area contributed by atoms with Crippen LogP contribution in [-0.4, -0.2) is 26.2 Å². The second-order valence-corrected chi connectivity index (χ2v) is 7.75. The minimum atomic E-state index is -3.24. The first-order chi connectivity index (χ1) is 9.89. The molecule has 0 aliphatic rings. The van der Waals surface area contributed by atoms with Crippen molar-refractivity contribution in [2.45, 2.75) is 20.3 Å². The quantitative estimate of drug-likeness (QED) is 0.855. The Balaban J connectivity index is 2.20. The fraction of sp³-hybridized carbons (Fsp3) is 0.357. The van der Waals surface area contributed by atoms with Gasteiger partial charge in [-0.2, -0.15) is 0 Å². The zero-order valence-corrected chi connectivity index (χ0v) is 13.9. The van der Waals surface area contributed by atoms with Gasteiger partial charge in [0.05, 0.1) is 11.9 Å². The van der Waals surface area contributed by atoms with E-state index in [2.05, 4.69) is 21.9 Å². The fourth-order valence-electron chi connectivity index (χ4n) is 1.88. The van der Waals surface area contributed by atoms with Crippen LogP contribution < -0.4 is 10.0 Å². The van der Waals surface area contributed by atoms with E-state index < -0.39 is 10.0 Å². The van der Waals surface area contributed by atoms with Crippen LogP contribution in [0.2, 0.25) is 0 Å². The summed E-state index contributed by atoms with van der Waals surface area (Å²) < 4.78 is 24.8. The number of hydrogen-bond donors (Lipinski definition) is 2.